The van der Waals surface area contributed by atoms with Gasteiger partial charge in [0.15, 0.2) is 0 Å². The summed E-state index contributed by atoms with van der Waals surface area (Å²) in [6.07, 6.45) is 0.110. The lowest BCUT2D eigenvalue weighted by Gasteiger charge is -2.09. The zero-order chi connectivity index (χ0) is 17.1. The van der Waals surface area contributed by atoms with E-state index in [0.29, 0.717) is 21.6 Å². The highest BCUT2D eigenvalue weighted by atomic mass is 35.5. The SMILES string of the molecule is Cc1ccc(Cl)cc1NC(=O)CCn1nnc2ccccc2c1=O. The van der Waals surface area contributed by atoms with Crippen LogP contribution in [0.2, 0.25) is 5.02 Å². The van der Waals surface area contributed by atoms with Crippen LogP contribution in [-0.4, -0.2) is 20.9 Å². The van der Waals surface area contributed by atoms with Crippen molar-refractivity contribution >= 4 is 34.1 Å². The van der Waals surface area contributed by atoms with Crippen molar-refractivity contribution in [3.63, 3.8) is 0 Å². The van der Waals surface area contributed by atoms with Crippen LogP contribution < -0.4 is 10.9 Å². The van der Waals surface area contributed by atoms with E-state index in [1.807, 2.05) is 13.0 Å². The minimum atomic E-state index is -0.257. The summed E-state index contributed by atoms with van der Waals surface area (Å²) in [6, 6.07) is 12.3. The summed E-state index contributed by atoms with van der Waals surface area (Å²) < 4.78 is 1.20. The smallest absolute Gasteiger partial charge is 0.277 e. The minimum absolute atomic E-state index is 0.110. The number of aryl methyl sites for hydroxylation is 2. The first kappa shape index (κ1) is 16.1. The zero-order valence-electron chi connectivity index (χ0n) is 13.0. The molecular weight excluding hydrogens is 328 g/mol. The lowest BCUT2D eigenvalue weighted by Crippen LogP contribution is -2.26. The van der Waals surface area contributed by atoms with E-state index in [1.54, 1.807) is 36.4 Å². The van der Waals surface area contributed by atoms with Gasteiger partial charge in [-0.15, -0.1) is 5.10 Å². The highest BCUT2D eigenvalue weighted by Crippen LogP contribution is 2.20. The molecule has 0 spiro atoms. The van der Waals surface area contributed by atoms with Crippen molar-refractivity contribution in [1.82, 2.24) is 15.0 Å². The number of carbonyl (C=O) groups is 1. The van der Waals surface area contributed by atoms with Gasteiger partial charge in [-0.05, 0) is 36.8 Å². The van der Waals surface area contributed by atoms with Crippen molar-refractivity contribution < 1.29 is 4.79 Å². The molecule has 3 aromatic rings. The second-order valence-electron chi connectivity index (χ2n) is 5.39. The Balaban J connectivity index is 1.71. The third kappa shape index (κ3) is 3.44. The number of fused-ring (bicyclic) bond motifs is 1. The van der Waals surface area contributed by atoms with E-state index in [2.05, 4.69) is 15.6 Å². The van der Waals surface area contributed by atoms with Crippen molar-refractivity contribution in [2.24, 2.45) is 0 Å². The van der Waals surface area contributed by atoms with E-state index >= 15 is 0 Å². The predicted molar refractivity (Wildman–Crippen MR) is 93.2 cm³/mol. The van der Waals surface area contributed by atoms with Gasteiger partial charge in [0.2, 0.25) is 5.91 Å². The Morgan fingerprint density at radius 1 is 1.25 bits per heavy atom. The van der Waals surface area contributed by atoms with E-state index in [4.69, 9.17) is 11.6 Å². The Bertz CT molecular complexity index is 968. The molecule has 0 saturated carbocycles. The van der Waals surface area contributed by atoms with Crippen LogP contribution >= 0.6 is 11.6 Å². The van der Waals surface area contributed by atoms with Gasteiger partial charge in [-0.2, -0.15) is 0 Å². The summed E-state index contributed by atoms with van der Waals surface area (Å²) in [5.41, 5.74) is 1.85. The molecule has 0 atom stereocenters. The van der Waals surface area contributed by atoms with E-state index in [1.165, 1.54) is 4.68 Å². The molecule has 6 nitrogen and oxygen atoms in total. The van der Waals surface area contributed by atoms with Crippen molar-refractivity contribution in [3.8, 4) is 0 Å². The van der Waals surface area contributed by atoms with Crippen LogP contribution in [0.1, 0.15) is 12.0 Å². The van der Waals surface area contributed by atoms with Crippen LogP contribution in [0.15, 0.2) is 47.3 Å². The summed E-state index contributed by atoms with van der Waals surface area (Å²) in [5, 5.41) is 11.7. The van der Waals surface area contributed by atoms with Gasteiger partial charge in [0.1, 0.15) is 5.52 Å². The number of carbonyl (C=O) groups excluding carboxylic acids is 1. The fourth-order valence-electron chi connectivity index (χ4n) is 2.32. The molecule has 1 aromatic heterocycles. The number of benzene rings is 2. The molecule has 0 aliphatic carbocycles. The fraction of sp³-hybridized carbons (Fsp3) is 0.176. The van der Waals surface area contributed by atoms with Crippen molar-refractivity contribution in [3.05, 3.63) is 63.4 Å². The molecule has 0 aliphatic heterocycles. The van der Waals surface area contributed by atoms with Crippen LogP contribution in [0.5, 0.6) is 0 Å². The van der Waals surface area contributed by atoms with Crippen LogP contribution in [0.25, 0.3) is 10.9 Å². The molecular formula is C17H15ClN4O2. The molecule has 1 amide bonds. The molecule has 1 heterocycles. The molecule has 0 fully saturated rings. The molecule has 0 bridgehead atoms. The number of hydrogen-bond donors (Lipinski definition) is 1. The van der Waals surface area contributed by atoms with E-state index in [9.17, 15) is 9.59 Å². The third-order valence-electron chi connectivity index (χ3n) is 3.65. The lowest BCUT2D eigenvalue weighted by atomic mass is 10.2. The molecule has 0 unspecified atom stereocenters. The molecule has 1 N–H and O–H groups in total. The summed E-state index contributed by atoms with van der Waals surface area (Å²) in [7, 11) is 0. The first-order chi connectivity index (χ1) is 11.5. The fourth-order valence-corrected chi connectivity index (χ4v) is 2.49. The number of anilines is 1. The van der Waals surface area contributed by atoms with Gasteiger partial charge < -0.3 is 5.32 Å². The normalized spacial score (nSPS) is 10.8. The van der Waals surface area contributed by atoms with Crippen LogP contribution in [0, 0.1) is 6.92 Å². The minimum Gasteiger partial charge on any atom is -0.326 e. The number of halogens is 1. The first-order valence-electron chi connectivity index (χ1n) is 7.43. The van der Waals surface area contributed by atoms with Gasteiger partial charge in [0, 0.05) is 17.1 Å². The molecule has 2 aromatic carbocycles. The topological polar surface area (TPSA) is 76.9 Å². The average molecular weight is 343 g/mol. The summed E-state index contributed by atoms with van der Waals surface area (Å²) >= 11 is 5.93. The molecule has 122 valence electrons. The summed E-state index contributed by atoms with van der Waals surface area (Å²) in [6.45, 7) is 2.04. The molecule has 0 aliphatic rings. The molecule has 7 heteroatoms. The number of aromatic nitrogens is 3. The Hall–Kier alpha value is -2.73. The van der Waals surface area contributed by atoms with Gasteiger partial charge in [-0.1, -0.05) is 35.0 Å². The Morgan fingerprint density at radius 2 is 2.04 bits per heavy atom. The lowest BCUT2D eigenvalue weighted by molar-refractivity contribution is -0.116. The molecule has 24 heavy (non-hydrogen) atoms. The van der Waals surface area contributed by atoms with Crippen molar-refractivity contribution in [2.75, 3.05) is 5.32 Å². The highest BCUT2D eigenvalue weighted by Gasteiger charge is 2.09. The quantitative estimate of drug-likeness (QED) is 0.791. The second kappa shape index (κ2) is 6.80. The third-order valence-corrected chi connectivity index (χ3v) is 3.89. The molecule has 0 radical (unpaired) electrons. The first-order valence-corrected chi connectivity index (χ1v) is 7.81. The van der Waals surface area contributed by atoms with E-state index in [-0.39, 0.29) is 24.4 Å². The number of rotatable bonds is 4. The van der Waals surface area contributed by atoms with Gasteiger partial charge in [-0.25, -0.2) is 4.68 Å². The van der Waals surface area contributed by atoms with Crippen LogP contribution in [0.3, 0.4) is 0 Å². The van der Waals surface area contributed by atoms with E-state index < -0.39 is 0 Å². The van der Waals surface area contributed by atoms with Crippen molar-refractivity contribution in [2.45, 2.75) is 19.9 Å². The largest absolute Gasteiger partial charge is 0.326 e. The van der Waals surface area contributed by atoms with Crippen LogP contribution in [-0.2, 0) is 11.3 Å². The number of nitrogens with one attached hydrogen (secondary N) is 1. The molecule has 0 saturated heterocycles. The zero-order valence-corrected chi connectivity index (χ0v) is 13.7. The maximum absolute atomic E-state index is 12.3. The Morgan fingerprint density at radius 3 is 2.88 bits per heavy atom. The maximum atomic E-state index is 12.3. The van der Waals surface area contributed by atoms with Gasteiger partial charge in [0.25, 0.3) is 5.56 Å². The van der Waals surface area contributed by atoms with Gasteiger partial charge in [0.05, 0.1) is 11.9 Å². The monoisotopic (exact) mass is 342 g/mol. The number of amides is 1. The maximum Gasteiger partial charge on any atom is 0.277 e. The van der Waals surface area contributed by atoms with Crippen molar-refractivity contribution in [1.29, 1.82) is 0 Å². The summed E-state index contributed by atoms with van der Waals surface area (Å²) in [5.74, 6) is -0.220. The Kier molecular flexibility index (Phi) is 4.57. The van der Waals surface area contributed by atoms with Crippen LogP contribution in [0.4, 0.5) is 5.69 Å². The predicted octanol–water partition coefficient (Wildman–Crippen LogP) is 2.78. The molecule has 3 rings (SSSR count). The van der Waals surface area contributed by atoms with Gasteiger partial charge in [-0.3, -0.25) is 9.59 Å². The highest BCUT2D eigenvalue weighted by molar-refractivity contribution is 6.31. The van der Waals surface area contributed by atoms with E-state index in [0.717, 1.165) is 5.56 Å². The summed E-state index contributed by atoms with van der Waals surface area (Å²) in [4.78, 5) is 24.4. The average Bonchev–Trinajstić information content (AvgIpc) is 2.58. The number of hydrogen-bond acceptors (Lipinski definition) is 4. The number of nitrogens with zero attached hydrogens (tertiary/aromatic N) is 3. The second-order valence-corrected chi connectivity index (χ2v) is 5.83. The standard InChI is InChI=1S/C17H15ClN4O2/c1-11-6-7-12(18)10-15(11)19-16(23)8-9-22-17(24)13-4-2-3-5-14(13)20-21-22/h2-7,10H,8-9H2,1H3,(H,19,23). The Labute approximate surface area is 143 Å². The van der Waals surface area contributed by atoms with Gasteiger partial charge >= 0.3 is 0 Å².